The zero-order valence-electron chi connectivity index (χ0n) is 14.7. The summed E-state index contributed by atoms with van der Waals surface area (Å²) >= 11 is 8.16. The van der Waals surface area contributed by atoms with E-state index in [-0.39, 0.29) is 17.0 Å². The molecular weight excluding hydrogens is 391 g/mol. The van der Waals surface area contributed by atoms with Crippen molar-refractivity contribution in [1.82, 2.24) is 19.6 Å². The predicted molar refractivity (Wildman–Crippen MR) is 106 cm³/mol. The number of rotatable bonds is 5. The van der Waals surface area contributed by atoms with Crippen LogP contribution in [0.15, 0.2) is 28.6 Å². The lowest BCUT2D eigenvalue weighted by Crippen LogP contribution is -2.50. The first-order chi connectivity index (χ1) is 12.5. The first-order valence-corrected chi connectivity index (χ1v) is 10.6. The van der Waals surface area contributed by atoms with Crippen molar-refractivity contribution < 1.29 is 9.18 Å². The number of thioether (sulfide) groups is 1. The number of nitrogens with zero attached hydrogens (tertiary/aromatic N) is 4. The monoisotopic (exact) mass is 412 g/mol. The minimum absolute atomic E-state index is 0.139. The molecule has 1 aliphatic rings. The number of hydrogen-bond acceptors (Lipinski definition) is 6. The van der Waals surface area contributed by atoms with Crippen LogP contribution >= 0.6 is 35.3 Å². The molecule has 1 aromatic carbocycles. The summed E-state index contributed by atoms with van der Waals surface area (Å²) < 4.78 is 16.0. The van der Waals surface area contributed by atoms with E-state index in [1.807, 2.05) is 11.8 Å². The highest BCUT2D eigenvalue weighted by atomic mass is 32.2. The topological polar surface area (TPSA) is 41.4 Å². The fraction of sp³-hybridized carbons (Fsp3) is 0.471. The Morgan fingerprint density at radius 1 is 1.31 bits per heavy atom. The molecule has 9 heteroatoms. The van der Waals surface area contributed by atoms with Crippen LogP contribution in [0.5, 0.6) is 0 Å². The largest absolute Gasteiger partial charge is 0.339 e. The highest BCUT2D eigenvalue weighted by molar-refractivity contribution is 8.02. The molecule has 0 radical (unpaired) electrons. The van der Waals surface area contributed by atoms with Crippen molar-refractivity contribution >= 4 is 41.2 Å². The third-order valence-corrected chi connectivity index (χ3v) is 6.76. The molecule has 3 rings (SSSR count). The summed E-state index contributed by atoms with van der Waals surface area (Å²) in [6.45, 7) is 8.48. The van der Waals surface area contributed by atoms with Gasteiger partial charge in [0.25, 0.3) is 0 Å². The average molecular weight is 413 g/mol. The van der Waals surface area contributed by atoms with Gasteiger partial charge in [-0.05, 0) is 50.0 Å². The molecule has 140 valence electrons. The third kappa shape index (κ3) is 4.51. The number of likely N-dealkylation sites (N-methyl/N-ethyl adjacent to an activating group) is 1. The van der Waals surface area contributed by atoms with Gasteiger partial charge in [-0.25, -0.2) is 9.07 Å². The van der Waals surface area contributed by atoms with Crippen molar-refractivity contribution in [3.8, 4) is 5.69 Å². The molecule has 0 N–H and O–H groups in total. The van der Waals surface area contributed by atoms with Crippen LogP contribution in [0, 0.1) is 9.77 Å². The maximum absolute atomic E-state index is 13.1. The Bertz CT molecular complexity index is 812. The SMILES string of the molecule is CCN1CCN(C(=O)[C@H](C)Sc2nn(-c3ccc(F)cc3)c(=S)s2)CC1. The zero-order chi connectivity index (χ0) is 18.7. The van der Waals surface area contributed by atoms with Gasteiger partial charge in [0.1, 0.15) is 5.82 Å². The normalized spacial score (nSPS) is 16.7. The quantitative estimate of drug-likeness (QED) is 0.556. The van der Waals surface area contributed by atoms with Crippen molar-refractivity contribution in [2.24, 2.45) is 0 Å². The van der Waals surface area contributed by atoms with Crippen LogP contribution in [0.1, 0.15) is 13.8 Å². The summed E-state index contributed by atoms with van der Waals surface area (Å²) in [6, 6.07) is 6.04. The molecular formula is C17H21FN4OS3. The van der Waals surface area contributed by atoms with E-state index in [9.17, 15) is 9.18 Å². The molecule has 1 fully saturated rings. The van der Waals surface area contributed by atoms with Gasteiger partial charge in [-0.1, -0.05) is 30.0 Å². The number of amides is 1. The van der Waals surface area contributed by atoms with E-state index in [0.29, 0.717) is 9.64 Å². The Labute approximate surface area is 165 Å². The zero-order valence-corrected chi connectivity index (χ0v) is 17.2. The van der Waals surface area contributed by atoms with Crippen LogP contribution in [0.25, 0.3) is 5.69 Å². The van der Waals surface area contributed by atoms with Gasteiger partial charge in [0, 0.05) is 26.2 Å². The maximum atomic E-state index is 13.1. The van der Waals surface area contributed by atoms with Crippen molar-refractivity contribution in [2.45, 2.75) is 23.4 Å². The van der Waals surface area contributed by atoms with Crippen molar-refractivity contribution in [3.63, 3.8) is 0 Å². The molecule has 2 aromatic rings. The average Bonchev–Trinajstić information content (AvgIpc) is 3.02. The molecule has 0 spiro atoms. The molecule has 26 heavy (non-hydrogen) atoms. The van der Waals surface area contributed by atoms with Gasteiger partial charge in [0.15, 0.2) is 8.29 Å². The molecule has 0 unspecified atom stereocenters. The summed E-state index contributed by atoms with van der Waals surface area (Å²) in [5, 5.41) is 4.28. The number of carbonyl (C=O) groups excluding carboxylic acids is 1. The Balaban J connectivity index is 1.65. The number of aromatic nitrogens is 2. The van der Waals surface area contributed by atoms with Crippen LogP contribution in [0.4, 0.5) is 4.39 Å². The first kappa shape index (κ1) is 19.5. The fourth-order valence-corrected chi connectivity index (χ4v) is 5.39. The van der Waals surface area contributed by atoms with Gasteiger partial charge in [0.05, 0.1) is 10.9 Å². The summed E-state index contributed by atoms with van der Waals surface area (Å²) in [5.74, 6) is -0.160. The summed E-state index contributed by atoms with van der Waals surface area (Å²) in [4.78, 5) is 17.0. The van der Waals surface area contributed by atoms with Gasteiger partial charge >= 0.3 is 0 Å². The van der Waals surface area contributed by atoms with E-state index in [2.05, 4.69) is 16.9 Å². The standard InChI is InChI=1S/C17H21FN4OS3/c1-3-20-8-10-21(11-9-20)15(23)12(2)25-16-19-22(17(24)26-16)14-6-4-13(18)5-7-14/h4-7,12H,3,8-11H2,1-2H3/t12-/m0/s1. The number of benzene rings is 1. The van der Waals surface area contributed by atoms with Gasteiger partial charge in [-0.2, -0.15) is 0 Å². The Hall–Kier alpha value is -1.29. The van der Waals surface area contributed by atoms with Gasteiger partial charge in [-0.15, -0.1) is 5.10 Å². The van der Waals surface area contributed by atoms with Gasteiger partial charge in [-0.3, -0.25) is 4.79 Å². The number of carbonyl (C=O) groups is 1. The fourth-order valence-electron chi connectivity index (χ4n) is 2.80. The third-order valence-electron chi connectivity index (χ3n) is 4.36. The lowest BCUT2D eigenvalue weighted by Gasteiger charge is -2.35. The molecule has 1 amide bonds. The van der Waals surface area contributed by atoms with Crippen molar-refractivity contribution in [2.75, 3.05) is 32.7 Å². The first-order valence-electron chi connectivity index (χ1n) is 8.52. The lowest BCUT2D eigenvalue weighted by molar-refractivity contribution is -0.132. The molecule has 0 saturated carbocycles. The second-order valence-electron chi connectivity index (χ2n) is 6.04. The number of piperazine rings is 1. The molecule has 1 atom stereocenters. The smallest absolute Gasteiger partial charge is 0.235 e. The van der Waals surface area contributed by atoms with E-state index in [1.165, 1.54) is 35.2 Å². The van der Waals surface area contributed by atoms with E-state index in [0.717, 1.165) is 37.1 Å². The minimum Gasteiger partial charge on any atom is -0.339 e. The Morgan fingerprint density at radius 3 is 2.58 bits per heavy atom. The van der Waals surface area contributed by atoms with Crippen LogP contribution in [0.3, 0.4) is 0 Å². The van der Waals surface area contributed by atoms with Crippen LogP contribution < -0.4 is 0 Å². The molecule has 1 aromatic heterocycles. The summed E-state index contributed by atoms with van der Waals surface area (Å²) in [5.41, 5.74) is 0.717. The van der Waals surface area contributed by atoms with Crippen LogP contribution in [-0.4, -0.2) is 63.5 Å². The van der Waals surface area contributed by atoms with Crippen molar-refractivity contribution in [3.05, 3.63) is 34.0 Å². The van der Waals surface area contributed by atoms with E-state index in [4.69, 9.17) is 12.2 Å². The Kier molecular flexibility index (Phi) is 6.44. The van der Waals surface area contributed by atoms with Crippen molar-refractivity contribution in [1.29, 1.82) is 0 Å². The molecule has 1 saturated heterocycles. The van der Waals surface area contributed by atoms with E-state index in [1.54, 1.807) is 16.8 Å². The molecule has 0 bridgehead atoms. The summed E-state index contributed by atoms with van der Waals surface area (Å²) in [6.07, 6.45) is 0. The van der Waals surface area contributed by atoms with E-state index < -0.39 is 0 Å². The van der Waals surface area contributed by atoms with Gasteiger partial charge in [0.2, 0.25) is 5.91 Å². The highest BCUT2D eigenvalue weighted by Gasteiger charge is 2.26. The second-order valence-corrected chi connectivity index (χ2v) is 9.25. The molecule has 5 nitrogen and oxygen atoms in total. The molecule has 0 aliphatic carbocycles. The minimum atomic E-state index is -0.299. The van der Waals surface area contributed by atoms with Crippen LogP contribution in [-0.2, 0) is 4.79 Å². The highest BCUT2D eigenvalue weighted by Crippen LogP contribution is 2.28. The lowest BCUT2D eigenvalue weighted by atomic mass is 10.3. The molecule has 2 heterocycles. The number of halogens is 1. The number of hydrogen-bond donors (Lipinski definition) is 0. The van der Waals surface area contributed by atoms with Gasteiger partial charge < -0.3 is 9.80 Å². The second kappa shape index (κ2) is 8.60. The predicted octanol–water partition coefficient (Wildman–Crippen LogP) is 3.45. The van der Waals surface area contributed by atoms with E-state index >= 15 is 0 Å². The maximum Gasteiger partial charge on any atom is 0.235 e. The van der Waals surface area contributed by atoms with Crippen LogP contribution in [0.2, 0.25) is 0 Å². The Morgan fingerprint density at radius 2 is 1.96 bits per heavy atom. The summed E-state index contributed by atoms with van der Waals surface area (Å²) in [7, 11) is 0. The molecule has 1 aliphatic heterocycles.